The van der Waals surface area contributed by atoms with Crippen molar-refractivity contribution in [3.63, 3.8) is 0 Å². The average molecular weight is 301 g/mol. The molecule has 0 spiro atoms. The van der Waals surface area contributed by atoms with E-state index in [-0.39, 0.29) is 0 Å². The molecule has 1 heterocycles. The monoisotopic (exact) mass is 301 g/mol. The number of imidazole rings is 1. The second-order valence-electron chi connectivity index (χ2n) is 5.56. The minimum atomic E-state index is 0.660. The number of fused-ring (bicyclic) bond motifs is 1. The van der Waals surface area contributed by atoms with Crippen molar-refractivity contribution in [2.75, 3.05) is 13.6 Å². The van der Waals surface area contributed by atoms with Gasteiger partial charge in [-0.2, -0.15) is 0 Å². The number of hydrogen-bond acceptors (Lipinski definition) is 2. The molecule has 0 saturated carbocycles. The summed E-state index contributed by atoms with van der Waals surface area (Å²) in [6.45, 7) is 6.07. The molecule has 2 aromatic rings. The summed E-state index contributed by atoms with van der Waals surface area (Å²) >= 11 is 0. The summed E-state index contributed by atoms with van der Waals surface area (Å²) in [5.41, 5.74) is 2.18. The highest BCUT2D eigenvalue weighted by atomic mass is 15.2. The van der Waals surface area contributed by atoms with Crippen LogP contribution in [0.15, 0.2) is 29.3 Å². The first-order valence-corrected chi connectivity index (χ1v) is 8.04. The van der Waals surface area contributed by atoms with Crippen molar-refractivity contribution in [3.05, 3.63) is 30.1 Å². The molecule has 2 N–H and O–H groups in total. The van der Waals surface area contributed by atoms with Crippen LogP contribution in [0.4, 0.5) is 0 Å². The van der Waals surface area contributed by atoms with Crippen LogP contribution in [0.3, 0.4) is 0 Å². The number of nitrogens with zero attached hydrogens (tertiary/aromatic N) is 3. The van der Waals surface area contributed by atoms with Crippen molar-refractivity contribution < 1.29 is 0 Å². The van der Waals surface area contributed by atoms with Gasteiger partial charge in [-0.25, -0.2) is 4.98 Å². The molecule has 0 unspecified atom stereocenters. The van der Waals surface area contributed by atoms with Crippen molar-refractivity contribution >= 4 is 17.0 Å². The van der Waals surface area contributed by atoms with Gasteiger partial charge in [-0.05, 0) is 18.1 Å². The third-order valence-corrected chi connectivity index (χ3v) is 4.23. The van der Waals surface area contributed by atoms with Crippen molar-refractivity contribution in [3.8, 4) is 0 Å². The molecule has 0 bridgehead atoms. The van der Waals surface area contributed by atoms with Gasteiger partial charge in [0.15, 0.2) is 5.96 Å². The smallest absolute Gasteiger partial charge is 0.191 e. The lowest BCUT2D eigenvalue weighted by Gasteiger charge is -2.16. The summed E-state index contributed by atoms with van der Waals surface area (Å²) in [5, 5.41) is 6.74. The quantitative estimate of drug-likeness (QED) is 0.637. The van der Waals surface area contributed by atoms with Gasteiger partial charge in [0.2, 0.25) is 0 Å². The van der Waals surface area contributed by atoms with Crippen LogP contribution in [0.1, 0.15) is 32.5 Å². The number of aliphatic imine (C=N–C) groups is 1. The molecule has 5 nitrogen and oxygen atoms in total. The summed E-state index contributed by atoms with van der Waals surface area (Å²) in [4.78, 5) is 8.95. The molecule has 5 heteroatoms. The second-order valence-corrected chi connectivity index (χ2v) is 5.56. The van der Waals surface area contributed by atoms with Gasteiger partial charge in [0.05, 0.1) is 17.6 Å². The summed E-state index contributed by atoms with van der Waals surface area (Å²) < 4.78 is 2.12. The van der Waals surface area contributed by atoms with E-state index in [0.29, 0.717) is 12.5 Å². The van der Waals surface area contributed by atoms with Gasteiger partial charge >= 0.3 is 0 Å². The Morgan fingerprint density at radius 3 is 2.59 bits per heavy atom. The van der Waals surface area contributed by atoms with Crippen LogP contribution in [-0.4, -0.2) is 29.1 Å². The van der Waals surface area contributed by atoms with Gasteiger partial charge in [0.25, 0.3) is 0 Å². The maximum atomic E-state index is 4.66. The van der Waals surface area contributed by atoms with Crippen molar-refractivity contribution in [1.29, 1.82) is 0 Å². The fourth-order valence-electron chi connectivity index (χ4n) is 2.56. The fourth-order valence-corrected chi connectivity index (χ4v) is 2.56. The highest BCUT2D eigenvalue weighted by Crippen LogP contribution is 2.13. The standard InChI is InChI=1S/C17H27N5/c1-5-13(6-2)11-19-17(18-3)20-12-16-21-14-9-7-8-10-15(14)22(16)4/h7-10,13H,5-6,11-12H2,1-4H3,(H2,18,19,20). The van der Waals surface area contributed by atoms with Crippen LogP contribution in [0, 0.1) is 5.92 Å². The third kappa shape index (κ3) is 3.78. The molecular weight excluding hydrogens is 274 g/mol. The van der Waals surface area contributed by atoms with Crippen LogP contribution in [0.25, 0.3) is 11.0 Å². The Labute approximate surface area is 132 Å². The molecule has 1 aromatic carbocycles. The minimum Gasteiger partial charge on any atom is -0.356 e. The molecule has 0 aliphatic carbocycles. The first kappa shape index (κ1) is 16.3. The zero-order valence-corrected chi connectivity index (χ0v) is 14.1. The van der Waals surface area contributed by atoms with E-state index in [2.05, 4.69) is 45.1 Å². The van der Waals surface area contributed by atoms with E-state index in [9.17, 15) is 0 Å². The Morgan fingerprint density at radius 1 is 1.23 bits per heavy atom. The minimum absolute atomic E-state index is 0.660. The number of para-hydroxylation sites is 2. The zero-order chi connectivity index (χ0) is 15.9. The van der Waals surface area contributed by atoms with Gasteiger partial charge in [-0.1, -0.05) is 38.8 Å². The first-order chi connectivity index (χ1) is 10.7. The largest absolute Gasteiger partial charge is 0.356 e. The van der Waals surface area contributed by atoms with Gasteiger partial charge in [0, 0.05) is 20.6 Å². The molecule has 1 aromatic heterocycles. The summed E-state index contributed by atoms with van der Waals surface area (Å²) in [6, 6.07) is 8.19. The van der Waals surface area contributed by atoms with E-state index in [1.165, 1.54) is 12.8 Å². The molecule has 0 fully saturated rings. The molecular formula is C17H27N5. The van der Waals surface area contributed by atoms with Crippen LogP contribution in [0.2, 0.25) is 0 Å². The average Bonchev–Trinajstić information content (AvgIpc) is 2.88. The van der Waals surface area contributed by atoms with Crippen molar-refractivity contribution in [2.24, 2.45) is 18.0 Å². The molecule has 0 amide bonds. The Hall–Kier alpha value is -2.04. The van der Waals surface area contributed by atoms with E-state index >= 15 is 0 Å². The van der Waals surface area contributed by atoms with Gasteiger partial charge in [-0.15, -0.1) is 0 Å². The van der Waals surface area contributed by atoms with Crippen molar-refractivity contribution in [1.82, 2.24) is 20.2 Å². The van der Waals surface area contributed by atoms with Gasteiger partial charge < -0.3 is 15.2 Å². The third-order valence-electron chi connectivity index (χ3n) is 4.23. The number of guanidine groups is 1. The molecule has 0 aliphatic rings. The van der Waals surface area contributed by atoms with E-state index in [0.717, 1.165) is 29.4 Å². The number of aromatic nitrogens is 2. The lowest BCUT2D eigenvalue weighted by molar-refractivity contribution is 0.481. The molecule has 0 radical (unpaired) electrons. The highest BCUT2D eigenvalue weighted by Gasteiger charge is 2.08. The summed E-state index contributed by atoms with van der Waals surface area (Å²) in [5.74, 6) is 2.53. The highest BCUT2D eigenvalue weighted by molar-refractivity contribution is 5.80. The zero-order valence-electron chi connectivity index (χ0n) is 14.1. The molecule has 0 atom stereocenters. The Morgan fingerprint density at radius 2 is 1.95 bits per heavy atom. The number of rotatable bonds is 6. The lowest BCUT2D eigenvalue weighted by atomic mass is 10.0. The Kier molecular flexibility index (Phi) is 5.81. The van der Waals surface area contributed by atoms with Gasteiger partial charge in [-0.3, -0.25) is 4.99 Å². The van der Waals surface area contributed by atoms with Crippen LogP contribution in [-0.2, 0) is 13.6 Å². The normalized spacial score (nSPS) is 12.1. The molecule has 22 heavy (non-hydrogen) atoms. The topological polar surface area (TPSA) is 54.2 Å². The Balaban J connectivity index is 1.96. The predicted octanol–water partition coefficient (Wildman–Crippen LogP) is 2.67. The number of aryl methyl sites for hydroxylation is 1. The summed E-state index contributed by atoms with van der Waals surface area (Å²) in [7, 11) is 3.85. The van der Waals surface area contributed by atoms with E-state index < -0.39 is 0 Å². The summed E-state index contributed by atoms with van der Waals surface area (Å²) in [6.07, 6.45) is 2.37. The van der Waals surface area contributed by atoms with Crippen molar-refractivity contribution in [2.45, 2.75) is 33.2 Å². The van der Waals surface area contributed by atoms with Gasteiger partial charge in [0.1, 0.15) is 5.82 Å². The number of benzene rings is 1. The maximum Gasteiger partial charge on any atom is 0.191 e. The predicted molar refractivity (Wildman–Crippen MR) is 93.0 cm³/mol. The maximum absolute atomic E-state index is 4.66. The van der Waals surface area contributed by atoms with Crippen LogP contribution in [0.5, 0.6) is 0 Å². The van der Waals surface area contributed by atoms with E-state index in [1.807, 2.05) is 25.2 Å². The van der Waals surface area contributed by atoms with E-state index in [4.69, 9.17) is 0 Å². The molecule has 2 rings (SSSR count). The Bertz CT molecular complexity index is 625. The number of nitrogens with one attached hydrogen (secondary N) is 2. The molecule has 0 saturated heterocycles. The first-order valence-electron chi connectivity index (χ1n) is 8.04. The SMILES string of the molecule is CCC(CC)CNC(=NC)NCc1nc2ccccc2n1C. The number of hydrogen-bond donors (Lipinski definition) is 2. The lowest BCUT2D eigenvalue weighted by Crippen LogP contribution is -2.39. The van der Waals surface area contributed by atoms with Crippen LogP contribution < -0.4 is 10.6 Å². The van der Waals surface area contributed by atoms with Crippen LogP contribution >= 0.6 is 0 Å². The molecule has 120 valence electrons. The fraction of sp³-hybridized carbons (Fsp3) is 0.529. The molecule has 0 aliphatic heterocycles. The van der Waals surface area contributed by atoms with E-state index in [1.54, 1.807) is 7.05 Å². The second kappa shape index (κ2) is 7.82.